The zero-order valence-corrected chi connectivity index (χ0v) is 11.8. The van der Waals surface area contributed by atoms with E-state index in [9.17, 15) is 14.0 Å². The molecule has 1 amide bonds. The topological polar surface area (TPSA) is 37.4 Å². The van der Waals surface area contributed by atoms with Gasteiger partial charge >= 0.3 is 0 Å². The number of Topliss-reactive ketones (excluding diaryl/α,β-unsaturated/α-hetero) is 1. The van der Waals surface area contributed by atoms with Crippen molar-refractivity contribution >= 4 is 17.4 Å². The number of ketones is 1. The fraction of sp³-hybridized carbons (Fsp3) is 0.176. The van der Waals surface area contributed by atoms with Gasteiger partial charge in [-0.2, -0.15) is 0 Å². The Morgan fingerprint density at radius 3 is 2.52 bits per heavy atom. The van der Waals surface area contributed by atoms with Crippen LogP contribution in [0, 0.1) is 19.7 Å². The smallest absolute Gasteiger partial charge is 0.299 e. The van der Waals surface area contributed by atoms with Crippen molar-refractivity contribution in [1.82, 2.24) is 0 Å². The van der Waals surface area contributed by atoms with Gasteiger partial charge in [-0.25, -0.2) is 4.39 Å². The number of anilines is 1. The highest BCUT2D eigenvalue weighted by Gasteiger charge is 2.37. The van der Waals surface area contributed by atoms with Crippen molar-refractivity contribution in [2.24, 2.45) is 0 Å². The molecule has 0 aliphatic carbocycles. The minimum Gasteiger partial charge on any atom is -0.300 e. The van der Waals surface area contributed by atoms with Crippen molar-refractivity contribution in [3.8, 4) is 0 Å². The van der Waals surface area contributed by atoms with Crippen LogP contribution in [-0.4, -0.2) is 11.7 Å². The second kappa shape index (κ2) is 4.81. The van der Waals surface area contributed by atoms with Crippen LogP contribution in [0.5, 0.6) is 0 Å². The molecule has 0 aromatic heterocycles. The van der Waals surface area contributed by atoms with Gasteiger partial charge in [-0.15, -0.1) is 0 Å². The summed E-state index contributed by atoms with van der Waals surface area (Å²) in [7, 11) is 0. The predicted octanol–water partition coefficient (Wildman–Crippen LogP) is 3.17. The van der Waals surface area contributed by atoms with Gasteiger partial charge in [0.2, 0.25) is 0 Å². The molecule has 0 spiro atoms. The lowest BCUT2D eigenvalue weighted by Gasteiger charge is -2.19. The Kier molecular flexibility index (Phi) is 3.09. The third-order valence-corrected chi connectivity index (χ3v) is 3.69. The summed E-state index contributed by atoms with van der Waals surface area (Å²) in [4.78, 5) is 25.7. The maximum Gasteiger partial charge on any atom is 0.299 e. The number of carbonyl (C=O) groups is 2. The quantitative estimate of drug-likeness (QED) is 0.794. The number of carbonyl (C=O) groups excluding carboxylic acids is 2. The number of hydrogen-bond donors (Lipinski definition) is 0. The van der Waals surface area contributed by atoms with E-state index in [2.05, 4.69) is 0 Å². The van der Waals surface area contributed by atoms with E-state index in [1.165, 1.54) is 11.0 Å². The average Bonchev–Trinajstić information content (AvgIpc) is 2.67. The summed E-state index contributed by atoms with van der Waals surface area (Å²) >= 11 is 0. The van der Waals surface area contributed by atoms with E-state index in [0.29, 0.717) is 16.8 Å². The largest absolute Gasteiger partial charge is 0.300 e. The molecule has 1 heterocycles. The Hall–Kier alpha value is -2.49. The Balaban J connectivity index is 2.08. The summed E-state index contributed by atoms with van der Waals surface area (Å²) in [6.07, 6.45) is 0. The summed E-state index contributed by atoms with van der Waals surface area (Å²) < 4.78 is 13.8. The van der Waals surface area contributed by atoms with E-state index in [4.69, 9.17) is 0 Å². The minimum absolute atomic E-state index is 0.0636. The van der Waals surface area contributed by atoms with E-state index in [1.807, 2.05) is 19.9 Å². The summed E-state index contributed by atoms with van der Waals surface area (Å²) in [6.45, 7) is 3.80. The van der Waals surface area contributed by atoms with Crippen molar-refractivity contribution in [1.29, 1.82) is 0 Å². The van der Waals surface area contributed by atoms with Gasteiger partial charge < -0.3 is 0 Å². The van der Waals surface area contributed by atoms with Gasteiger partial charge in [-0.1, -0.05) is 24.3 Å². The van der Waals surface area contributed by atoms with Gasteiger partial charge in [0.15, 0.2) is 0 Å². The number of fused-ring (bicyclic) bond motifs is 1. The van der Waals surface area contributed by atoms with E-state index in [1.54, 1.807) is 24.3 Å². The maximum atomic E-state index is 13.8. The molecule has 4 heteroatoms. The molecular weight excluding hydrogens is 269 g/mol. The number of amides is 1. The molecule has 106 valence electrons. The average molecular weight is 283 g/mol. The van der Waals surface area contributed by atoms with Gasteiger partial charge in [-0.3, -0.25) is 14.5 Å². The number of nitrogens with zero attached hydrogens (tertiary/aromatic N) is 1. The molecule has 3 rings (SSSR count). The summed E-state index contributed by atoms with van der Waals surface area (Å²) in [5.74, 6) is -1.49. The summed E-state index contributed by atoms with van der Waals surface area (Å²) in [6, 6.07) is 9.90. The third-order valence-electron chi connectivity index (χ3n) is 3.69. The van der Waals surface area contributed by atoms with Crippen LogP contribution in [0.25, 0.3) is 0 Å². The van der Waals surface area contributed by atoms with E-state index in [0.717, 1.165) is 11.1 Å². The molecule has 0 saturated heterocycles. The van der Waals surface area contributed by atoms with Gasteiger partial charge in [-0.05, 0) is 37.1 Å². The molecule has 2 aromatic rings. The van der Waals surface area contributed by atoms with Gasteiger partial charge in [0, 0.05) is 5.56 Å². The number of hydrogen-bond acceptors (Lipinski definition) is 2. The molecule has 0 saturated carbocycles. The van der Waals surface area contributed by atoms with Crippen LogP contribution in [0.4, 0.5) is 10.1 Å². The maximum absolute atomic E-state index is 13.8. The first-order valence-electron chi connectivity index (χ1n) is 6.70. The van der Waals surface area contributed by atoms with Crippen LogP contribution in [-0.2, 0) is 11.3 Å². The molecule has 0 fully saturated rings. The van der Waals surface area contributed by atoms with Crippen molar-refractivity contribution in [3.05, 3.63) is 64.5 Å². The summed E-state index contributed by atoms with van der Waals surface area (Å²) in [5.41, 5.74) is 3.18. The number of aryl methyl sites for hydroxylation is 2. The van der Waals surface area contributed by atoms with Crippen LogP contribution in [0.3, 0.4) is 0 Å². The molecule has 21 heavy (non-hydrogen) atoms. The predicted molar refractivity (Wildman–Crippen MR) is 77.8 cm³/mol. The Bertz CT molecular complexity index is 767. The monoisotopic (exact) mass is 283 g/mol. The molecule has 2 aromatic carbocycles. The molecular formula is C17H14FNO2. The lowest BCUT2D eigenvalue weighted by Crippen LogP contribution is -2.29. The van der Waals surface area contributed by atoms with Crippen LogP contribution >= 0.6 is 0 Å². The fourth-order valence-electron chi connectivity index (χ4n) is 2.78. The Morgan fingerprint density at radius 2 is 1.81 bits per heavy atom. The molecule has 1 aliphatic rings. The summed E-state index contributed by atoms with van der Waals surface area (Å²) in [5, 5.41) is 0. The van der Waals surface area contributed by atoms with Gasteiger partial charge in [0.05, 0.1) is 17.8 Å². The van der Waals surface area contributed by atoms with Crippen LogP contribution in [0.15, 0.2) is 36.4 Å². The highest BCUT2D eigenvalue weighted by molar-refractivity contribution is 6.52. The second-order valence-corrected chi connectivity index (χ2v) is 5.29. The Morgan fingerprint density at radius 1 is 1.10 bits per heavy atom. The third kappa shape index (κ3) is 2.13. The number of halogens is 1. The molecule has 0 radical (unpaired) electrons. The normalized spacial score (nSPS) is 13.8. The van der Waals surface area contributed by atoms with Crippen molar-refractivity contribution in [2.75, 3.05) is 4.90 Å². The van der Waals surface area contributed by atoms with Crippen LogP contribution in [0.2, 0.25) is 0 Å². The van der Waals surface area contributed by atoms with E-state index < -0.39 is 11.7 Å². The van der Waals surface area contributed by atoms with Crippen molar-refractivity contribution in [3.63, 3.8) is 0 Å². The highest BCUT2D eigenvalue weighted by atomic mass is 19.1. The zero-order chi connectivity index (χ0) is 15.1. The van der Waals surface area contributed by atoms with Crippen LogP contribution in [0.1, 0.15) is 27.0 Å². The van der Waals surface area contributed by atoms with E-state index >= 15 is 0 Å². The molecule has 0 bridgehead atoms. The molecule has 0 atom stereocenters. The molecule has 0 unspecified atom stereocenters. The van der Waals surface area contributed by atoms with Gasteiger partial charge in [0.1, 0.15) is 5.82 Å². The van der Waals surface area contributed by atoms with Gasteiger partial charge in [0.25, 0.3) is 11.7 Å². The fourth-order valence-corrected chi connectivity index (χ4v) is 2.78. The van der Waals surface area contributed by atoms with Crippen LogP contribution < -0.4 is 4.90 Å². The number of rotatable bonds is 2. The second-order valence-electron chi connectivity index (χ2n) is 5.29. The van der Waals surface area contributed by atoms with Crippen molar-refractivity contribution < 1.29 is 14.0 Å². The first kappa shape index (κ1) is 13.5. The zero-order valence-electron chi connectivity index (χ0n) is 11.8. The standard InChI is InChI=1S/C17H14FNO2/c1-10-7-11(2)15-13(8-10)16(20)17(21)19(15)9-12-5-3-4-6-14(12)18/h3-8H,9H2,1-2H3. The SMILES string of the molecule is Cc1cc(C)c2c(c1)C(=O)C(=O)N2Cc1ccccc1F. The Labute approximate surface area is 122 Å². The lowest BCUT2D eigenvalue weighted by atomic mass is 10.0. The van der Waals surface area contributed by atoms with Crippen molar-refractivity contribution in [2.45, 2.75) is 20.4 Å². The first-order valence-corrected chi connectivity index (χ1v) is 6.70. The van der Waals surface area contributed by atoms with E-state index in [-0.39, 0.29) is 12.4 Å². The first-order chi connectivity index (χ1) is 9.99. The lowest BCUT2D eigenvalue weighted by molar-refractivity contribution is -0.114. The highest BCUT2D eigenvalue weighted by Crippen LogP contribution is 2.34. The number of benzene rings is 2. The molecule has 3 nitrogen and oxygen atoms in total. The molecule has 1 aliphatic heterocycles. The minimum atomic E-state index is -0.595. The molecule has 0 N–H and O–H groups in total.